The molecule has 0 spiro atoms. The van der Waals surface area contributed by atoms with Crippen molar-refractivity contribution in [2.45, 2.75) is 0 Å². The summed E-state index contributed by atoms with van der Waals surface area (Å²) in [4.78, 5) is 10.2. The molecule has 0 aliphatic carbocycles. The fourth-order valence-corrected chi connectivity index (χ4v) is 7.93. The number of rotatable bonds is 2. The van der Waals surface area contributed by atoms with Gasteiger partial charge in [0.2, 0.25) is 0 Å². The fourth-order valence-electron chi connectivity index (χ4n) is 7.93. The van der Waals surface area contributed by atoms with E-state index in [1.807, 2.05) is 12.3 Å². The van der Waals surface area contributed by atoms with Crippen molar-refractivity contribution in [1.82, 2.24) is 23.5 Å². The van der Waals surface area contributed by atoms with E-state index >= 15 is 0 Å². The van der Waals surface area contributed by atoms with Crippen LogP contribution in [-0.4, -0.2) is 23.5 Å². The molecule has 0 bridgehead atoms. The first-order valence-corrected chi connectivity index (χ1v) is 15.9. The van der Waals surface area contributed by atoms with Crippen LogP contribution in [0, 0.1) is 0 Å². The van der Waals surface area contributed by atoms with Crippen molar-refractivity contribution in [3.05, 3.63) is 152 Å². The summed E-state index contributed by atoms with van der Waals surface area (Å²) in [6.45, 7) is 0. The van der Waals surface area contributed by atoms with E-state index in [1.54, 1.807) is 0 Å². The van der Waals surface area contributed by atoms with Gasteiger partial charge in [0, 0.05) is 49.9 Å². The third-order valence-corrected chi connectivity index (χ3v) is 9.83. The van der Waals surface area contributed by atoms with Crippen molar-refractivity contribution in [1.29, 1.82) is 0 Å². The molecule has 5 heteroatoms. The molecule has 0 radical (unpaired) electrons. The molecule has 11 rings (SSSR count). The molecule has 5 aromatic heterocycles. The summed E-state index contributed by atoms with van der Waals surface area (Å²) in [6.07, 6.45) is 1.88. The van der Waals surface area contributed by atoms with Crippen LogP contribution in [0.1, 0.15) is 0 Å². The normalized spacial score (nSPS) is 12.3. The Morgan fingerprint density at radius 1 is 0.383 bits per heavy atom. The summed E-state index contributed by atoms with van der Waals surface area (Å²) < 4.78 is 7.06. The van der Waals surface area contributed by atoms with Crippen LogP contribution in [0.5, 0.6) is 0 Å². The molecule has 0 aliphatic rings. The number of hydrogen-bond donors (Lipinski definition) is 0. The van der Waals surface area contributed by atoms with E-state index in [9.17, 15) is 0 Å². The van der Waals surface area contributed by atoms with Crippen molar-refractivity contribution < 1.29 is 0 Å². The van der Waals surface area contributed by atoms with Crippen LogP contribution >= 0.6 is 0 Å². The van der Waals surface area contributed by atoms with Gasteiger partial charge in [-0.2, -0.15) is 0 Å². The Hall–Kier alpha value is -6.46. The second-order valence-electron chi connectivity index (χ2n) is 12.3. The van der Waals surface area contributed by atoms with E-state index in [1.165, 1.54) is 32.6 Å². The zero-order chi connectivity index (χ0) is 30.6. The van der Waals surface area contributed by atoms with Gasteiger partial charge in [-0.15, -0.1) is 0 Å². The number of para-hydroxylation sites is 5. The molecule has 0 fully saturated rings. The number of benzene rings is 6. The summed E-state index contributed by atoms with van der Waals surface area (Å²) in [7, 11) is 0. The van der Waals surface area contributed by atoms with Crippen LogP contribution in [0.25, 0.3) is 93.5 Å². The van der Waals surface area contributed by atoms with E-state index < -0.39 is 0 Å². The van der Waals surface area contributed by atoms with Crippen LogP contribution in [0.2, 0.25) is 0 Å². The topological polar surface area (TPSA) is 40.0 Å². The van der Waals surface area contributed by atoms with Crippen LogP contribution in [-0.2, 0) is 0 Å². The maximum atomic E-state index is 5.30. The molecule has 5 heterocycles. The largest absolute Gasteiger partial charge is 0.309 e. The van der Waals surface area contributed by atoms with Gasteiger partial charge in [-0.1, -0.05) is 72.8 Å². The second kappa shape index (κ2) is 9.05. The highest BCUT2D eigenvalue weighted by atomic mass is 15.1. The molecule has 0 saturated carbocycles. The minimum Gasteiger partial charge on any atom is -0.309 e. The molecule has 47 heavy (non-hydrogen) atoms. The highest BCUT2D eigenvalue weighted by Gasteiger charge is 2.23. The third-order valence-electron chi connectivity index (χ3n) is 9.83. The molecule has 218 valence electrons. The van der Waals surface area contributed by atoms with Gasteiger partial charge in [0.05, 0.1) is 33.1 Å². The minimum atomic E-state index is 0.920. The summed E-state index contributed by atoms with van der Waals surface area (Å²) in [5.74, 6) is 0. The lowest BCUT2D eigenvalue weighted by atomic mass is 10.0. The fraction of sp³-hybridized carbons (Fsp3) is 0. The number of pyridine rings is 2. The Morgan fingerprint density at radius 3 is 1.85 bits per heavy atom. The standard InChI is InChI=1S/C42H25N5/c1-3-12-26(13-4-1)45-34-19-9-7-16-28(34)31-24-32-38(25-37(31)45)46(27-14-5-2-6-15-27)36-22-21-29-30-17-11-23-43-41(30)47-35-20-10-8-18-33(35)44-42(47)40(29)39(32)36/h1-25H. The molecule has 11 aromatic rings. The minimum absolute atomic E-state index is 0.920. The molecule has 6 aromatic carbocycles. The molecule has 0 saturated heterocycles. The molecule has 5 nitrogen and oxygen atoms in total. The SMILES string of the molecule is c1ccc(-n2c3ccccc3c3cc4c5c6c(ccc5n(-c5ccccc5)c4cc32)c2cccnc2n2c3ccccc3nc62)cc1. The van der Waals surface area contributed by atoms with E-state index in [0.29, 0.717) is 0 Å². The number of hydrogen-bond acceptors (Lipinski definition) is 2. The number of nitrogens with zero attached hydrogens (tertiary/aromatic N) is 5. The van der Waals surface area contributed by atoms with E-state index in [4.69, 9.17) is 9.97 Å². The predicted molar refractivity (Wildman–Crippen MR) is 194 cm³/mol. The summed E-state index contributed by atoms with van der Waals surface area (Å²) in [5.41, 5.74) is 10.8. The zero-order valence-corrected chi connectivity index (χ0v) is 25.2. The first-order valence-electron chi connectivity index (χ1n) is 15.9. The molecule has 0 atom stereocenters. The third kappa shape index (κ3) is 3.22. The first-order chi connectivity index (χ1) is 23.3. The van der Waals surface area contributed by atoms with Crippen molar-refractivity contribution in [2.24, 2.45) is 0 Å². The Balaban J connectivity index is 1.43. The molecule has 0 unspecified atom stereocenters. The summed E-state index contributed by atoms with van der Waals surface area (Å²) >= 11 is 0. The van der Waals surface area contributed by atoms with Crippen molar-refractivity contribution >= 4 is 82.1 Å². The van der Waals surface area contributed by atoms with Gasteiger partial charge in [-0.25, -0.2) is 9.97 Å². The predicted octanol–water partition coefficient (Wildman–Crippen LogP) is 10.4. The van der Waals surface area contributed by atoms with Gasteiger partial charge in [0.15, 0.2) is 0 Å². The van der Waals surface area contributed by atoms with Gasteiger partial charge in [0.25, 0.3) is 0 Å². The lowest BCUT2D eigenvalue weighted by molar-refractivity contribution is 1.16. The highest BCUT2D eigenvalue weighted by Crippen LogP contribution is 2.44. The smallest absolute Gasteiger partial charge is 0.148 e. The lowest BCUT2D eigenvalue weighted by Gasteiger charge is -2.11. The summed E-state index contributed by atoms with van der Waals surface area (Å²) in [5, 5.41) is 8.28. The monoisotopic (exact) mass is 599 g/mol. The Labute approximate surface area is 268 Å². The molecule has 0 aliphatic heterocycles. The van der Waals surface area contributed by atoms with Crippen molar-refractivity contribution in [3.8, 4) is 11.4 Å². The Kier molecular flexibility index (Phi) is 4.78. The molecular formula is C42H25N5. The van der Waals surface area contributed by atoms with Gasteiger partial charge in [0.1, 0.15) is 11.3 Å². The van der Waals surface area contributed by atoms with Crippen LogP contribution in [0.15, 0.2) is 152 Å². The number of fused-ring (bicyclic) bond motifs is 15. The maximum Gasteiger partial charge on any atom is 0.148 e. The van der Waals surface area contributed by atoms with E-state index in [2.05, 4.69) is 153 Å². The van der Waals surface area contributed by atoms with Gasteiger partial charge in [-0.05, 0) is 78.2 Å². The average molecular weight is 600 g/mol. The Morgan fingerprint density at radius 2 is 1.04 bits per heavy atom. The van der Waals surface area contributed by atoms with Crippen LogP contribution < -0.4 is 0 Å². The molecule has 0 N–H and O–H groups in total. The van der Waals surface area contributed by atoms with Gasteiger partial charge >= 0.3 is 0 Å². The molecular weight excluding hydrogens is 574 g/mol. The van der Waals surface area contributed by atoms with Gasteiger partial charge < -0.3 is 9.13 Å². The average Bonchev–Trinajstić information content (AvgIpc) is 3.79. The lowest BCUT2D eigenvalue weighted by Crippen LogP contribution is -1.96. The first kappa shape index (κ1) is 24.8. The molecule has 0 amide bonds. The number of aromatic nitrogens is 5. The number of imidazole rings is 1. The quantitative estimate of drug-likeness (QED) is 0.186. The van der Waals surface area contributed by atoms with Gasteiger partial charge in [-0.3, -0.25) is 4.40 Å². The van der Waals surface area contributed by atoms with Crippen LogP contribution in [0.4, 0.5) is 0 Å². The Bertz CT molecular complexity index is 3060. The highest BCUT2D eigenvalue weighted by molar-refractivity contribution is 6.31. The maximum absolute atomic E-state index is 5.30. The van der Waals surface area contributed by atoms with E-state index in [-0.39, 0.29) is 0 Å². The van der Waals surface area contributed by atoms with Crippen molar-refractivity contribution in [3.63, 3.8) is 0 Å². The van der Waals surface area contributed by atoms with Crippen LogP contribution in [0.3, 0.4) is 0 Å². The van der Waals surface area contributed by atoms with Crippen molar-refractivity contribution in [2.75, 3.05) is 0 Å². The summed E-state index contributed by atoms with van der Waals surface area (Å²) in [6, 6.07) is 52.1. The van der Waals surface area contributed by atoms with E-state index in [0.717, 1.165) is 60.9 Å². The second-order valence-corrected chi connectivity index (χ2v) is 12.3. The zero-order valence-electron chi connectivity index (χ0n) is 25.2.